The van der Waals surface area contributed by atoms with Crippen molar-refractivity contribution >= 4 is 12.4 Å². The maximum absolute atomic E-state index is 11.4. The standard InChI is InChI=1S/C13H16NO3/c1-2-14(11-15)9-8-13(16)17-10-12-6-4-3-5-7-12/h3-7H,2,8-10H2,1H3. The van der Waals surface area contributed by atoms with Crippen molar-refractivity contribution in [2.45, 2.75) is 20.0 Å². The maximum Gasteiger partial charge on any atom is 0.312 e. The van der Waals surface area contributed by atoms with Crippen molar-refractivity contribution in [3.05, 3.63) is 35.9 Å². The van der Waals surface area contributed by atoms with E-state index in [-0.39, 0.29) is 19.0 Å². The second kappa shape index (κ2) is 7.44. The molecule has 0 heterocycles. The van der Waals surface area contributed by atoms with Crippen molar-refractivity contribution in [3.63, 3.8) is 0 Å². The van der Waals surface area contributed by atoms with Gasteiger partial charge in [0.05, 0.1) is 6.42 Å². The van der Waals surface area contributed by atoms with Crippen LogP contribution >= 0.6 is 0 Å². The monoisotopic (exact) mass is 234 g/mol. The van der Waals surface area contributed by atoms with Crippen molar-refractivity contribution in [1.29, 1.82) is 0 Å². The first kappa shape index (κ1) is 13.2. The number of carbonyl (C=O) groups is 1. The summed E-state index contributed by atoms with van der Waals surface area (Å²) in [5.41, 5.74) is 0.954. The Morgan fingerprint density at radius 2 is 2.06 bits per heavy atom. The van der Waals surface area contributed by atoms with Crippen LogP contribution in [0.5, 0.6) is 0 Å². The fourth-order valence-electron chi connectivity index (χ4n) is 1.30. The van der Waals surface area contributed by atoms with Gasteiger partial charge >= 0.3 is 12.4 Å². The molecule has 0 aliphatic carbocycles. The molecule has 0 saturated heterocycles. The van der Waals surface area contributed by atoms with Crippen LogP contribution in [0.4, 0.5) is 0 Å². The smallest absolute Gasteiger partial charge is 0.312 e. The Kier molecular flexibility index (Phi) is 5.79. The Bertz CT molecular complexity index is 351. The molecule has 0 aliphatic rings. The SMILES string of the molecule is CCN([C]=O)CCC(=O)OCc1ccccc1. The molecular weight excluding hydrogens is 218 g/mol. The summed E-state index contributed by atoms with van der Waals surface area (Å²) < 4.78 is 5.07. The summed E-state index contributed by atoms with van der Waals surface area (Å²) in [5, 5.41) is 0. The minimum atomic E-state index is -0.303. The summed E-state index contributed by atoms with van der Waals surface area (Å²) >= 11 is 0. The summed E-state index contributed by atoms with van der Waals surface area (Å²) in [6.45, 7) is 3.01. The van der Waals surface area contributed by atoms with E-state index >= 15 is 0 Å². The Balaban J connectivity index is 2.24. The zero-order valence-electron chi connectivity index (χ0n) is 9.89. The molecule has 91 valence electrons. The fourth-order valence-corrected chi connectivity index (χ4v) is 1.30. The van der Waals surface area contributed by atoms with E-state index in [2.05, 4.69) is 0 Å². The van der Waals surface area contributed by atoms with Crippen LogP contribution in [-0.2, 0) is 20.9 Å². The van der Waals surface area contributed by atoms with Crippen LogP contribution in [0.2, 0.25) is 0 Å². The number of benzene rings is 1. The van der Waals surface area contributed by atoms with E-state index in [1.807, 2.05) is 37.3 Å². The molecule has 0 fully saturated rings. The highest BCUT2D eigenvalue weighted by atomic mass is 16.5. The molecule has 1 radical (unpaired) electrons. The number of nitrogens with zero attached hydrogens (tertiary/aromatic N) is 1. The van der Waals surface area contributed by atoms with Gasteiger partial charge in [-0.25, -0.2) is 0 Å². The molecular formula is C13H16NO3. The lowest BCUT2D eigenvalue weighted by atomic mass is 10.2. The molecule has 17 heavy (non-hydrogen) atoms. The third kappa shape index (κ3) is 5.15. The van der Waals surface area contributed by atoms with Crippen LogP contribution in [0.25, 0.3) is 0 Å². The number of hydrogen-bond acceptors (Lipinski definition) is 3. The van der Waals surface area contributed by atoms with Crippen molar-refractivity contribution in [3.8, 4) is 0 Å². The number of rotatable bonds is 7. The van der Waals surface area contributed by atoms with E-state index < -0.39 is 0 Å². The minimum Gasteiger partial charge on any atom is -0.461 e. The molecule has 0 N–H and O–H groups in total. The molecule has 0 aliphatic heterocycles. The van der Waals surface area contributed by atoms with Crippen molar-refractivity contribution in [1.82, 2.24) is 4.90 Å². The Morgan fingerprint density at radius 3 is 2.65 bits per heavy atom. The zero-order valence-corrected chi connectivity index (χ0v) is 9.89. The first-order valence-electron chi connectivity index (χ1n) is 5.58. The van der Waals surface area contributed by atoms with E-state index in [0.717, 1.165) is 5.56 Å². The molecule has 1 aromatic rings. The van der Waals surface area contributed by atoms with E-state index in [4.69, 9.17) is 4.74 Å². The highest BCUT2D eigenvalue weighted by Gasteiger charge is 2.06. The first-order chi connectivity index (χ1) is 8.26. The Labute approximate surface area is 101 Å². The molecule has 4 heteroatoms. The van der Waals surface area contributed by atoms with Gasteiger partial charge in [0.2, 0.25) is 0 Å². The summed E-state index contributed by atoms with van der Waals surface area (Å²) in [5.74, 6) is -0.303. The zero-order chi connectivity index (χ0) is 12.5. The molecule has 4 nitrogen and oxygen atoms in total. The van der Waals surface area contributed by atoms with Crippen LogP contribution < -0.4 is 0 Å². The average Bonchev–Trinajstić information content (AvgIpc) is 2.39. The van der Waals surface area contributed by atoms with Gasteiger partial charge in [0.15, 0.2) is 0 Å². The second-order valence-electron chi connectivity index (χ2n) is 3.57. The van der Waals surface area contributed by atoms with Crippen LogP contribution in [0.15, 0.2) is 30.3 Å². The molecule has 0 saturated carbocycles. The van der Waals surface area contributed by atoms with Gasteiger partial charge in [-0.1, -0.05) is 30.3 Å². The van der Waals surface area contributed by atoms with Gasteiger partial charge in [-0.15, -0.1) is 0 Å². The van der Waals surface area contributed by atoms with Crippen LogP contribution in [-0.4, -0.2) is 30.4 Å². The van der Waals surface area contributed by atoms with Gasteiger partial charge in [-0.3, -0.25) is 9.59 Å². The molecule has 0 aromatic heterocycles. The molecule has 1 amide bonds. The van der Waals surface area contributed by atoms with E-state index in [9.17, 15) is 9.59 Å². The summed E-state index contributed by atoms with van der Waals surface area (Å²) in [6.07, 6.45) is 1.96. The van der Waals surface area contributed by atoms with E-state index in [0.29, 0.717) is 13.1 Å². The Morgan fingerprint density at radius 1 is 1.35 bits per heavy atom. The average molecular weight is 234 g/mol. The highest BCUT2D eigenvalue weighted by molar-refractivity contribution is 5.70. The van der Waals surface area contributed by atoms with Gasteiger partial charge < -0.3 is 9.64 Å². The van der Waals surface area contributed by atoms with Crippen molar-refractivity contribution in [2.24, 2.45) is 0 Å². The van der Waals surface area contributed by atoms with E-state index in [1.54, 1.807) is 6.41 Å². The van der Waals surface area contributed by atoms with E-state index in [1.165, 1.54) is 4.90 Å². The van der Waals surface area contributed by atoms with Gasteiger partial charge in [-0.05, 0) is 12.5 Å². The number of ether oxygens (including phenoxy) is 1. The largest absolute Gasteiger partial charge is 0.461 e. The summed E-state index contributed by atoms with van der Waals surface area (Å²) in [7, 11) is 0. The maximum atomic E-state index is 11.4. The second-order valence-corrected chi connectivity index (χ2v) is 3.57. The number of esters is 1. The van der Waals surface area contributed by atoms with Crippen LogP contribution in [0, 0.1) is 0 Å². The van der Waals surface area contributed by atoms with Gasteiger partial charge in [0.1, 0.15) is 6.61 Å². The lowest BCUT2D eigenvalue weighted by molar-refractivity contribution is -0.145. The quantitative estimate of drug-likeness (QED) is 0.530. The molecule has 1 rings (SSSR count). The van der Waals surface area contributed by atoms with Crippen molar-refractivity contribution in [2.75, 3.05) is 13.1 Å². The molecule has 0 bridgehead atoms. The number of hydrogen-bond donors (Lipinski definition) is 0. The third-order valence-electron chi connectivity index (χ3n) is 2.34. The van der Waals surface area contributed by atoms with Gasteiger partial charge in [0, 0.05) is 13.1 Å². The number of amides is 1. The normalized spacial score (nSPS) is 9.71. The molecule has 1 aromatic carbocycles. The third-order valence-corrected chi connectivity index (χ3v) is 2.34. The van der Waals surface area contributed by atoms with Gasteiger partial charge in [0.25, 0.3) is 0 Å². The summed E-state index contributed by atoms with van der Waals surface area (Å²) in [6, 6.07) is 9.48. The Hall–Kier alpha value is -1.84. The van der Waals surface area contributed by atoms with Crippen LogP contribution in [0.1, 0.15) is 18.9 Å². The first-order valence-corrected chi connectivity index (χ1v) is 5.58. The highest BCUT2D eigenvalue weighted by Crippen LogP contribution is 2.01. The molecule has 0 unspecified atom stereocenters. The predicted octanol–water partition coefficient (Wildman–Crippen LogP) is 1.51. The minimum absolute atomic E-state index is 0.204. The fraction of sp³-hybridized carbons (Fsp3) is 0.385. The van der Waals surface area contributed by atoms with Gasteiger partial charge in [-0.2, -0.15) is 0 Å². The molecule has 0 spiro atoms. The molecule has 0 atom stereocenters. The lowest BCUT2D eigenvalue weighted by Gasteiger charge is -2.12. The predicted molar refractivity (Wildman–Crippen MR) is 63.8 cm³/mol. The van der Waals surface area contributed by atoms with Crippen LogP contribution in [0.3, 0.4) is 0 Å². The van der Waals surface area contributed by atoms with Crippen molar-refractivity contribution < 1.29 is 14.3 Å². The summed E-state index contributed by atoms with van der Waals surface area (Å²) in [4.78, 5) is 23.2. The topological polar surface area (TPSA) is 46.6 Å². The number of carbonyl (C=O) groups excluding carboxylic acids is 2. The lowest BCUT2D eigenvalue weighted by Crippen LogP contribution is -2.24.